The van der Waals surface area contributed by atoms with E-state index in [1.54, 1.807) is 24.3 Å². The van der Waals surface area contributed by atoms with Gasteiger partial charge in [0.15, 0.2) is 5.76 Å². The maximum atomic E-state index is 13.0. The van der Waals surface area contributed by atoms with Crippen LogP contribution in [0, 0.1) is 0 Å². The Morgan fingerprint density at radius 1 is 1.00 bits per heavy atom. The van der Waals surface area contributed by atoms with E-state index in [4.69, 9.17) is 19.6 Å². The quantitative estimate of drug-likeness (QED) is 0.383. The number of nitrogens with zero attached hydrogens (tertiary/aromatic N) is 1. The molecule has 0 atom stereocenters. The number of fused-ring (bicyclic) bond motifs is 2. The topological polar surface area (TPSA) is 120 Å². The van der Waals surface area contributed by atoms with Gasteiger partial charge < -0.3 is 24.6 Å². The molecule has 1 amide bonds. The van der Waals surface area contributed by atoms with E-state index >= 15 is 0 Å². The SMILES string of the molecule is NC(=O)Oc1cc2cc(C(=O)c3cc4cc(OCc5ccccc5)ccc4o3)[nH]c2cn1. The minimum Gasteiger partial charge on any atom is -0.489 e. The fourth-order valence-corrected chi connectivity index (χ4v) is 3.39. The monoisotopic (exact) mass is 427 g/mol. The Kier molecular flexibility index (Phi) is 4.79. The summed E-state index contributed by atoms with van der Waals surface area (Å²) >= 11 is 0. The van der Waals surface area contributed by atoms with Gasteiger partial charge in [-0.3, -0.25) is 4.79 Å². The van der Waals surface area contributed by atoms with Crippen LogP contribution in [-0.4, -0.2) is 21.8 Å². The van der Waals surface area contributed by atoms with Crippen molar-refractivity contribution in [1.82, 2.24) is 9.97 Å². The zero-order chi connectivity index (χ0) is 22.1. The van der Waals surface area contributed by atoms with Crippen molar-refractivity contribution in [3.05, 3.63) is 89.9 Å². The summed E-state index contributed by atoms with van der Waals surface area (Å²) in [7, 11) is 0. The lowest BCUT2D eigenvalue weighted by Gasteiger charge is -2.05. The van der Waals surface area contributed by atoms with Crippen molar-refractivity contribution in [2.45, 2.75) is 6.61 Å². The number of carbonyl (C=O) groups is 2. The van der Waals surface area contributed by atoms with Gasteiger partial charge in [0.25, 0.3) is 0 Å². The summed E-state index contributed by atoms with van der Waals surface area (Å²) in [5.74, 6) is 0.601. The number of pyridine rings is 1. The standard InChI is InChI=1S/C24H17N3O5/c25-24(29)32-22-11-15-9-18(27-19(15)12-26-22)23(28)21-10-16-8-17(6-7-20(16)31-21)30-13-14-4-2-1-3-5-14/h1-12,27H,13H2,(H2,25,29). The molecule has 0 spiro atoms. The van der Waals surface area contributed by atoms with Gasteiger partial charge in [-0.15, -0.1) is 0 Å². The van der Waals surface area contributed by atoms with Crippen LogP contribution in [0.25, 0.3) is 21.9 Å². The molecule has 5 aromatic rings. The lowest BCUT2D eigenvalue weighted by molar-refractivity contribution is 0.101. The molecule has 0 aliphatic heterocycles. The van der Waals surface area contributed by atoms with Crippen molar-refractivity contribution in [2.24, 2.45) is 5.73 Å². The average molecular weight is 427 g/mol. The molecule has 5 rings (SSSR count). The lowest BCUT2D eigenvalue weighted by atomic mass is 10.2. The van der Waals surface area contributed by atoms with Crippen LogP contribution < -0.4 is 15.2 Å². The molecule has 3 heterocycles. The van der Waals surface area contributed by atoms with Crippen molar-refractivity contribution in [1.29, 1.82) is 0 Å². The molecule has 0 radical (unpaired) electrons. The molecule has 158 valence electrons. The Bertz CT molecular complexity index is 1450. The maximum Gasteiger partial charge on any atom is 0.411 e. The third-order valence-electron chi connectivity index (χ3n) is 4.89. The van der Waals surface area contributed by atoms with Crippen molar-refractivity contribution in [3.8, 4) is 11.6 Å². The number of benzene rings is 2. The molecular weight excluding hydrogens is 410 g/mol. The first-order valence-corrected chi connectivity index (χ1v) is 9.76. The van der Waals surface area contributed by atoms with E-state index in [9.17, 15) is 9.59 Å². The van der Waals surface area contributed by atoms with Crippen LogP contribution in [0.15, 0.2) is 77.3 Å². The van der Waals surface area contributed by atoms with Crippen LogP contribution in [0.1, 0.15) is 21.8 Å². The summed E-state index contributed by atoms with van der Waals surface area (Å²) in [6.07, 6.45) is 0.498. The summed E-state index contributed by atoms with van der Waals surface area (Å²) < 4.78 is 16.4. The Hall–Kier alpha value is -4.59. The highest BCUT2D eigenvalue weighted by atomic mass is 16.6. The summed E-state index contributed by atoms with van der Waals surface area (Å²) in [5, 5.41) is 1.40. The largest absolute Gasteiger partial charge is 0.489 e. The normalized spacial score (nSPS) is 11.0. The smallest absolute Gasteiger partial charge is 0.411 e. The molecule has 8 heteroatoms. The van der Waals surface area contributed by atoms with Crippen LogP contribution >= 0.6 is 0 Å². The molecule has 0 fully saturated rings. The second-order valence-corrected chi connectivity index (χ2v) is 7.13. The number of ketones is 1. The van der Waals surface area contributed by atoms with Gasteiger partial charge in [-0.05, 0) is 35.9 Å². The maximum absolute atomic E-state index is 13.0. The molecule has 32 heavy (non-hydrogen) atoms. The number of nitrogens with one attached hydrogen (secondary N) is 1. The molecular formula is C24H17N3O5. The Morgan fingerprint density at radius 3 is 2.66 bits per heavy atom. The van der Waals surface area contributed by atoms with Crippen molar-refractivity contribution in [3.63, 3.8) is 0 Å². The Balaban J connectivity index is 1.38. The second kappa shape index (κ2) is 7.92. The van der Waals surface area contributed by atoms with Crippen molar-refractivity contribution >= 4 is 33.7 Å². The Morgan fingerprint density at radius 2 is 1.84 bits per heavy atom. The van der Waals surface area contributed by atoms with Gasteiger partial charge in [0.05, 0.1) is 17.4 Å². The van der Waals surface area contributed by atoms with Gasteiger partial charge in [-0.1, -0.05) is 30.3 Å². The average Bonchev–Trinajstić information content (AvgIpc) is 3.41. The van der Waals surface area contributed by atoms with Crippen LogP contribution in [0.3, 0.4) is 0 Å². The number of carbonyl (C=O) groups excluding carboxylic acids is 2. The number of nitrogens with two attached hydrogens (primary N) is 1. The lowest BCUT2D eigenvalue weighted by Crippen LogP contribution is -2.16. The molecule has 0 aliphatic carbocycles. The predicted octanol–water partition coefficient (Wildman–Crippen LogP) is 4.58. The minimum atomic E-state index is -0.960. The number of rotatable bonds is 6. The highest BCUT2D eigenvalue weighted by Crippen LogP contribution is 2.27. The number of amides is 1. The first kappa shape index (κ1) is 19.4. The number of hydrogen-bond acceptors (Lipinski definition) is 6. The first-order chi connectivity index (χ1) is 15.5. The second-order valence-electron chi connectivity index (χ2n) is 7.13. The third-order valence-corrected chi connectivity index (χ3v) is 4.89. The number of ether oxygens (including phenoxy) is 2. The van der Waals surface area contributed by atoms with Gasteiger partial charge in [0, 0.05) is 16.8 Å². The van der Waals surface area contributed by atoms with Gasteiger partial charge in [0.1, 0.15) is 17.9 Å². The third kappa shape index (κ3) is 3.89. The van der Waals surface area contributed by atoms with E-state index in [0.717, 1.165) is 10.9 Å². The van der Waals surface area contributed by atoms with E-state index in [1.165, 1.54) is 12.3 Å². The van der Waals surface area contributed by atoms with E-state index in [1.807, 2.05) is 36.4 Å². The molecule has 3 aromatic heterocycles. The fraction of sp³-hybridized carbons (Fsp3) is 0.0417. The summed E-state index contributed by atoms with van der Waals surface area (Å²) in [6.45, 7) is 0.445. The summed E-state index contributed by atoms with van der Waals surface area (Å²) in [5.41, 5.74) is 7.58. The van der Waals surface area contributed by atoms with E-state index < -0.39 is 6.09 Å². The van der Waals surface area contributed by atoms with E-state index in [2.05, 4.69) is 9.97 Å². The van der Waals surface area contributed by atoms with Crippen LogP contribution in [0.2, 0.25) is 0 Å². The molecule has 0 aliphatic rings. The fourth-order valence-electron chi connectivity index (χ4n) is 3.39. The first-order valence-electron chi connectivity index (χ1n) is 9.76. The summed E-state index contributed by atoms with van der Waals surface area (Å²) in [4.78, 5) is 30.8. The van der Waals surface area contributed by atoms with Gasteiger partial charge >= 0.3 is 6.09 Å². The Labute approximate surface area is 181 Å². The van der Waals surface area contributed by atoms with Gasteiger partial charge in [-0.2, -0.15) is 0 Å². The number of hydrogen-bond donors (Lipinski definition) is 2. The highest BCUT2D eigenvalue weighted by Gasteiger charge is 2.18. The summed E-state index contributed by atoms with van der Waals surface area (Å²) in [6, 6.07) is 20.1. The number of aromatic amines is 1. The van der Waals surface area contributed by atoms with Crippen LogP contribution in [0.4, 0.5) is 4.79 Å². The number of primary amides is 1. The van der Waals surface area contributed by atoms with Crippen molar-refractivity contribution in [2.75, 3.05) is 0 Å². The van der Waals surface area contributed by atoms with Crippen LogP contribution in [-0.2, 0) is 6.61 Å². The van der Waals surface area contributed by atoms with E-state index in [-0.39, 0.29) is 17.4 Å². The minimum absolute atomic E-state index is 0.0507. The zero-order valence-corrected chi connectivity index (χ0v) is 16.7. The molecule has 0 unspecified atom stereocenters. The molecule has 0 saturated carbocycles. The van der Waals surface area contributed by atoms with Crippen molar-refractivity contribution < 1.29 is 23.5 Å². The van der Waals surface area contributed by atoms with E-state index in [0.29, 0.717) is 34.5 Å². The predicted molar refractivity (Wildman–Crippen MR) is 117 cm³/mol. The number of furan rings is 1. The van der Waals surface area contributed by atoms with Crippen LogP contribution in [0.5, 0.6) is 11.6 Å². The molecule has 0 bridgehead atoms. The highest BCUT2D eigenvalue weighted by molar-refractivity contribution is 6.10. The molecule has 2 aromatic carbocycles. The number of H-pyrrole nitrogens is 1. The van der Waals surface area contributed by atoms with Gasteiger partial charge in [-0.25, -0.2) is 9.78 Å². The molecule has 3 N–H and O–H groups in total. The number of aromatic nitrogens is 2. The molecule has 0 saturated heterocycles. The zero-order valence-electron chi connectivity index (χ0n) is 16.7. The molecule has 8 nitrogen and oxygen atoms in total. The van der Waals surface area contributed by atoms with Gasteiger partial charge in [0.2, 0.25) is 11.7 Å².